The molecule has 35 heavy (non-hydrogen) atoms. The number of ether oxygens (including phenoxy) is 2. The Morgan fingerprint density at radius 3 is 2.34 bits per heavy atom. The van der Waals surface area contributed by atoms with Crippen LogP contribution in [0.3, 0.4) is 0 Å². The molecule has 3 aromatic rings. The van der Waals surface area contributed by atoms with Crippen LogP contribution in [-0.2, 0) is 19.6 Å². The van der Waals surface area contributed by atoms with Crippen molar-refractivity contribution in [1.82, 2.24) is 4.31 Å². The molecule has 1 amide bonds. The van der Waals surface area contributed by atoms with Gasteiger partial charge in [-0.15, -0.1) is 0 Å². The van der Waals surface area contributed by atoms with Crippen LogP contribution < -0.4 is 15.0 Å². The molecular weight excluding hydrogens is 466 g/mol. The van der Waals surface area contributed by atoms with Crippen LogP contribution in [0, 0.1) is 0 Å². The van der Waals surface area contributed by atoms with Gasteiger partial charge in [-0.25, -0.2) is 8.42 Å². The highest BCUT2D eigenvalue weighted by molar-refractivity contribution is 7.89. The molecule has 1 N–H and O–H groups in total. The van der Waals surface area contributed by atoms with Crippen molar-refractivity contribution in [3.63, 3.8) is 0 Å². The zero-order chi connectivity index (χ0) is 24.3. The molecule has 2 aliphatic heterocycles. The minimum atomic E-state index is -3.56. The number of hydrogen-bond acceptors (Lipinski definition) is 6. The first-order valence-electron chi connectivity index (χ1n) is 11.5. The first kappa shape index (κ1) is 23.3. The summed E-state index contributed by atoms with van der Waals surface area (Å²) in [5, 5.41) is 3.14. The number of nitrogens with zero attached hydrogens (tertiary/aromatic N) is 2. The normalized spacial score (nSPS) is 18.4. The van der Waals surface area contributed by atoms with Crippen molar-refractivity contribution >= 4 is 27.3 Å². The molecule has 3 aromatic carbocycles. The summed E-state index contributed by atoms with van der Waals surface area (Å²) in [6.45, 7) is 1.90. The number of nitrogens with one attached hydrogen (secondary N) is 1. The first-order chi connectivity index (χ1) is 17.0. The maximum atomic E-state index is 13.4. The Balaban J connectivity index is 1.31. The van der Waals surface area contributed by atoms with Crippen molar-refractivity contribution in [2.75, 3.05) is 49.7 Å². The highest BCUT2D eigenvalue weighted by Gasteiger charge is 2.33. The Morgan fingerprint density at radius 2 is 1.60 bits per heavy atom. The van der Waals surface area contributed by atoms with Crippen LogP contribution in [0.5, 0.6) is 5.75 Å². The van der Waals surface area contributed by atoms with Crippen LogP contribution in [0.2, 0.25) is 0 Å². The molecule has 0 saturated carbocycles. The third-order valence-electron chi connectivity index (χ3n) is 6.19. The van der Waals surface area contributed by atoms with Crippen molar-refractivity contribution in [2.24, 2.45) is 0 Å². The Morgan fingerprint density at radius 1 is 0.914 bits per heavy atom. The smallest absolute Gasteiger partial charge is 0.247 e. The number of sulfonamides is 1. The minimum Gasteiger partial charge on any atom is -0.489 e. The molecule has 8 nitrogen and oxygen atoms in total. The summed E-state index contributed by atoms with van der Waals surface area (Å²) in [6, 6.07) is 23.6. The average Bonchev–Trinajstić information content (AvgIpc) is 2.92. The third-order valence-corrected chi connectivity index (χ3v) is 8.10. The number of morpholine rings is 1. The molecular formula is C26H27N3O5S. The summed E-state index contributed by atoms with van der Waals surface area (Å²) < 4.78 is 38.3. The number of benzene rings is 3. The molecule has 9 heteroatoms. The zero-order valence-electron chi connectivity index (χ0n) is 19.2. The number of fused-ring (bicyclic) bond motifs is 1. The van der Waals surface area contributed by atoms with E-state index in [4.69, 9.17) is 9.47 Å². The zero-order valence-corrected chi connectivity index (χ0v) is 20.0. The summed E-state index contributed by atoms with van der Waals surface area (Å²) in [7, 11) is -3.56. The monoisotopic (exact) mass is 493 g/mol. The summed E-state index contributed by atoms with van der Waals surface area (Å²) in [4.78, 5) is 15.4. The van der Waals surface area contributed by atoms with E-state index in [0.717, 1.165) is 11.3 Å². The van der Waals surface area contributed by atoms with E-state index in [1.54, 1.807) is 29.2 Å². The van der Waals surface area contributed by atoms with Gasteiger partial charge in [0.2, 0.25) is 15.9 Å². The fraction of sp³-hybridized carbons (Fsp3) is 0.269. The lowest BCUT2D eigenvalue weighted by Gasteiger charge is -2.37. The number of para-hydroxylation sites is 2. The molecule has 0 spiro atoms. The van der Waals surface area contributed by atoms with Crippen LogP contribution in [0.1, 0.15) is 11.6 Å². The van der Waals surface area contributed by atoms with Gasteiger partial charge in [-0.1, -0.05) is 42.5 Å². The number of carbonyl (C=O) groups is 1. The van der Waals surface area contributed by atoms with Crippen LogP contribution in [0.15, 0.2) is 83.8 Å². The lowest BCUT2D eigenvalue weighted by atomic mass is 10.0. The van der Waals surface area contributed by atoms with Crippen LogP contribution in [0.4, 0.5) is 11.4 Å². The van der Waals surface area contributed by atoms with Gasteiger partial charge in [0.05, 0.1) is 36.4 Å². The molecule has 1 atom stereocenters. The minimum absolute atomic E-state index is 0.0488. The predicted octanol–water partition coefficient (Wildman–Crippen LogP) is 3.29. The van der Waals surface area contributed by atoms with Gasteiger partial charge in [-0.2, -0.15) is 4.31 Å². The highest BCUT2D eigenvalue weighted by Crippen LogP contribution is 2.39. The van der Waals surface area contributed by atoms with E-state index in [1.807, 2.05) is 54.6 Å². The number of amides is 1. The fourth-order valence-electron chi connectivity index (χ4n) is 4.36. The summed E-state index contributed by atoms with van der Waals surface area (Å²) in [6.07, 6.45) is 0. The molecule has 0 aromatic heterocycles. The molecule has 0 aliphatic carbocycles. The average molecular weight is 494 g/mol. The van der Waals surface area contributed by atoms with Crippen molar-refractivity contribution in [3.8, 4) is 5.75 Å². The Hall–Kier alpha value is -3.40. The summed E-state index contributed by atoms with van der Waals surface area (Å²) in [5.74, 6) is 0.560. The number of rotatable bonds is 6. The van der Waals surface area contributed by atoms with E-state index in [0.29, 0.717) is 44.3 Å². The lowest BCUT2D eigenvalue weighted by molar-refractivity contribution is -0.117. The van der Waals surface area contributed by atoms with Crippen LogP contribution >= 0.6 is 0 Å². The van der Waals surface area contributed by atoms with Gasteiger partial charge >= 0.3 is 0 Å². The Labute approximate surface area is 205 Å². The van der Waals surface area contributed by atoms with E-state index in [-0.39, 0.29) is 23.4 Å². The Kier molecular flexibility index (Phi) is 6.72. The first-order valence-corrected chi connectivity index (χ1v) is 13.0. The van der Waals surface area contributed by atoms with Crippen molar-refractivity contribution in [2.45, 2.75) is 10.9 Å². The van der Waals surface area contributed by atoms with Crippen molar-refractivity contribution < 1.29 is 22.7 Å². The predicted molar refractivity (Wildman–Crippen MR) is 133 cm³/mol. The topological polar surface area (TPSA) is 88.2 Å². The number of carbonyl (C=O) groups excluding carboxylic acids is 1. The van der Waals surface area contributed by atoms with Gasteiger partial charge in [0.1, 0.15) is 12.4 Å². The third kappa shape index (κ3) is 4.88. The molecule has 0 bridgehead atoms. The number of anilines is 2. The molecule has 2 heterocycles. The molecule has 0 radical (unpaired) electrons. The lowest BCUT2D eigenvalue weighted by Crippen LogP contribution is -2.43. The molecule has 2 aliphatic rings. The maximum absolute atomic E-state index is 13.4. The van der Waals surface area contributed by atoms with E-state index in [1.165, 1.54) is 4.31 Å². The van der Waals surface area contributed by atoms with Crippen LogP contribution in [0.25, 0.3) is 0 Å². The van der Waals surface area contributed by atoms with Gasteiger partial charge in [-0.3, -0.25) is 9.69 Å². The molecule has 5 rings (SSSR count). The molecule has 1 unspecified atom stereocenters. The van der Waals surface area contributed by atoms with E-state index < -0.39 is 10.0 Å². The van der Waals surface area contributed by atoms with E-state index >= 15 is 0 Å². The second-order valence-electron chi connectivity index (χ2n) is 8.36. The molecule has 1 fully saturated rings. The molecule has 1 saturated heterocycles. The second kappa shape index (κ2) is 10.1. The fourth-order valence-corrected chi connectivity index (χ4v) is 5.77. The quantitative estimate of drug-likeness (QED) is 0.567. The van der Waals surface area contributed by atoms with Gasteiger partial charge in [0.25, 0.3) is 0 Å². The van der Waals surface area contributed by atoms with E-state index in [9.17, 15) is 13.2 Å². The van der Waals surface area contributed by atoms with E-state index in [2.05, 4.69) is 5.32 Å². The van der Waals surface area contributed by atoms with Crippen molar-refractivity contribution in [3.05, 3.63) is 84.4 Å². The van der Waals surface area contributed by atoms with Gasteiger partial charge in [0.15, 0.2) is 0 Å². The van der Waals surface area contributed by atoms with Gasteiger partial charge in [0, 0.05) is 18.8 Å². The maximum Gasteiger partial charge on any atom is 0.247 e. The highest BCUT2D eigenvalue weighted by atomic mass is 32.2. The largest absolute Gasteiger partial charge is 0.489 e. The Bertz CT molecular complexity index is 1280. The van der Waals surface area contributed by atoms with Crippen molar-refractivity contribution in [1.29, 1.82) is 0 Å². The van der Waals surface area contributed by atoms with Gasteiger partial charge in [-0.05, 0) is 42.0 Å². The second-order valence-corrected chi connectivity index (χ2v) is 10.3. The van der Waals surface area contributed by atoms with Gasteiger partial charge < -0.3 is 14.8 Å². The molecule has 182 valence electrons. The SMILES string of the molecule is O=C(CNc1ccc(S(=O)(=O)N2CCOCC2)cc1)N1c2ccccc2OCC1c1ccccc1. The number of hydrogen-bond donors (Lipinski definition) is 1. The standard InChI is InChI=1S/C26H27N3O5S/c30-26(18-27-21-10-12-22(13-11-21)35(31,32)28-14-16-33-17-15-28)29-23-8-4-5-9-25(23)34-19-24(29)20-6-2-1-3-7-20/h1-13,24,27H,14-19H2. The van der Waals surface area contributed by atoms with Crippen LogP contribution in [-0.4, -0.2) is 58.1 Å². The summed E-state index contributed by atoms with van der Waals surface area (Å²) in [5.41, 5.74) is 2.39. The summed E-state index contributed by atoms with van der Waals surface area (Å²) >= 11 is 0.